The Kier molecular flexibility index (Phi) is 7.51. The first-order valence-electron chi connectivity index (χ1n) is 10.3. The minimum atomic E-state index is -0.485. The predicted molar refractivity (Wildman–Crippen MR) is 118 cm³/mol. The maximum absolute atomic E-state index is 12.5. The maximum Gasteiger partial charge on any atom is 0.261 e. The van der Waals surface area contributed by atoms with Crippen molar-refractivity contribution < 1.29 is 14.3 Å². The molecule has 3 aromatic rings. The van der Waals surface area contributed by atoms with Gasteiger partial charge in [-0.3, -0.25) is 4.79 Å². The van der Waals surface area contributed by atoms with Gasteiger partial charge < -0.3 is 14.8 Å². The van der Waals surface area contributed by atoms with Crippen molar-refractivity contribution >= 4 is 16.7 Å². The van der Waals surface area contributed by atoms with E-state index in [-0.39, 0.29) is 5.91 Å². The molecule has 0 radical (unpaired) electrons. The van der Waals surface area contributed by atoms with Crippen molar-refractivity contribution in [1.29, 1.82) is 0 Å². The third-order valence-electron chi connectivity index (χ3n) is 4.84. The fourth-order valence-electron chi connectivity index (χ4n) is 3.26. The Bertz CT molecular complexity index is 921. The summed E-state index contributed by atoms with van der Waals surface area (Å²) in [4.78, 5) is 12.5. The van der Waals surface area contributed by atoms with Crippen molar-refractivity contribution in [2.75, 3.05) is 13.2 Å². The SMILES string of the molecule is CCOc1ccc(CCCNC(=O)[C@@H](CC)Oc2ccc3ccccc3c2)cc1. The second-order valence-electron chi connectivity index (χ2n) is 7.00. The van der Waals surface area contributed by atoms with Crippen molar-refractivity contribution in [3.8, 4) is 11.5 Å². The van der Waals surface area contributed by atoms with Crippen molar-refractivity contribution in [3.05, 3.63) is 72.3 Å². The Morgan fingerprint density at radius 1 is 0.931 bits per heavy atom. The fourth-order valence-corrected chi connectivity index (χ4v) is 3.26. The van der Waals surface area contributed by atoms with Gasteiger partial charge in [-0.2, -0.15) is 0 Å². The summed E-state index contributed by atoms with van der Waals surface area (Å²) in [5, 5.41) is 5.27. The smallest absolute Gasteiger partial charge is 0.261 e. The first-order valence-corrected chi connectivity index (χ1v) is 10.3. The molecule has 1 atom stereocenters. The van der Waals surface area contributed by atoms with Crippen molar-refractivity contribution in [1.82, 2.24) is 5.32 Å². The van der Waals surface area contributed by atoms with E-state index in [4.69, 9.17) is 9.47 Å². The number of hydrogen-bond donors (Lipinski definition) is 1. The zero-order chi connectivity index (χ0) is 20.5. The van der Waals surface area contributed by atoms with Crippen LogP contribution in [0.25, 0.3) is 10.8 Å². The van der Waals surface area contributed by atoms with E-state index in [9.17, 15) is 4.79 Å². The molecule has 0 aliphatic carbocycles. The molecule has 3 aromatic carbocycles. The average molecular weight is 392 g/mol. The lowest BCUT2D eigenvalue weighted by molar-refractivity contribution is -0.128. The summed E-state index contributed by atoms with van der Waals surface area (Å²) in [6, 6.07) is 22.2. The highest BCUT2D eigenvalue weighted by Crippen LogP contribution is 2.22. The standard InChI is InChI=1S/C25H29NO3/c1-3-24(29-23-16-13-20-9-5-6-10-21(20)18-23)25(27)26-17-7-8-19-11-14-22(15-12-19)28-4-2/h5-6,9-16,18,24H,3-4,7-8,17H2,1-2H3,(H,26,27)/t24-/m1/s1. The number of carbonyl (C=O) groups is 1. The molecule has 152 valence electrons. The fraction of sp³-hybridized carbons (Fsp3) is 0.320. The van der Waals surface area contributed by atoms with Gasteiger partial charge in [0.05, 0.1) is 6.61 Å². The second kappa shape index (κ2) is 10.5. The van der Waals surface area contributed by atoms with Gasteiger partial charge in [0.15, 0.2) is 6.10 Å². The third kappa shape index (κ3) is 5.98. The monoisotopic (exact) mass is 391 g/mol. The number of fused-ring (bicyclic) bond motifs is 1. The largest absolute Gasteiger partial charge is 0.494 e. The molecular formula is C25H29NO3. The zero-order valence-corrected chi connectivity index (χ0v) is 17.2. The lowest BCUT2D eigenvalue weighted by Crippen LogP contribution is -2.38. The molecule has 0 heterocycles. The molecule has 0 fully saturated rings. The summed E-state index contributed by atoms with van der Waals surface area (Å²) in [6.45, 7) is 5.24. The van der Waals surface area contributed by atoms with E-state index in [1.807, 2.05) is 62.4 Å². The zero-order valence-electron chi connectivity index (χ0n) is 17.2. The van der Waals surface area contributed by atoms with Crippen LogP contribution < -0.4 is 14.8 Å². The Morgan fingerprint density at radius 2 is 1.66 bits per heavy atom. The van der Waals surface area contributed by atoms with Gasteiger partial charge in [-0.25, -0.2) is 0 Å². The molecule has 1 N–H and O–H groups in total. The van der Waals surface area contributed by atoms with Crippen LogP contribution in [0.4, 0.5) is 0 Å². The maximum atomic E-state index is 12.5. The average Bonchev–Trinajstić information content (AvgIpc) is 2.76. The number of rotatable bonds is 10. The van der Waals surface area contributed by atoms with Gasteiger partial charge >= 0.3 is 0 Å². The van der Waals surface area contributed by atoms with Gasteiger partial charge in [0, 0.05) is 6.54 Å². The summed E-state index contributed by atoms with van der Waals surface area (Å²) in [6.07, 6.45) is 1.93. The number of aryl methyl sites for hydroxylation is 1. The molecule has 1 amide bonds. The first kappa shape index (κ1) is 20.7. The van der Waals surface area contributed by atoms with Crippen LogP contribution in [-0.4, -0.2) is 25.2 Å². The van der Waals surface area contributed by atoms with E-state index in [0.29, 0.717) is 19.6 Å². The topological polar surface area (TPSA) is 47.6 Å². The molecule has 0 saturated heterocycles. The molecule has 0 bridgehead atoms. The summed E-state index contributed by atoms with van der Waals surface area (Å²) in [5.41, 5.74) is 1.24. The Morgan fingerprint density at radius 3 is 2.38 bits per heavy atom. The van der Waals surface area contributed by atoms with Crippen LogP contribution in [0.5, 0.6) is 11.5 Å². The van der Waals surface area contributed by atoms with E-state index in [2.05, 4.69) is 23.5 Å². The summed E-state index contributed by atoms with van der Waals surface area (Å²) >= 11 is 0. The normalized spacial score (nSPS) is 11.8. The molecule has 0 saturated carbocycles. The van der Waals surface area contributed by atoms with E-state index in [0.717, 1.165) is 35.1 Å². The van der Waals surface area contributed by atoms with E-state index >= 15 is 0 Å². The minimum absolute atomic E-state index is 0.0626. The summed E-state index contributed by atoms with van der Waals surface area (Å²) < 4.78 is 11.4. The van der Waals surface area contributed by atoms with Gasteiger partial charge in [0.1, 0.15) is 11.5 Å². The molecule has 4 heteroatoms. The van der Waals surface area contributed by atoms with Crippen LogP contribution in [0.2, 0.25) is 0 Å². The number of benzene rings is 3. The highest BCUT2D eigenvalue weighted by atomic mass is 16.5. The third-order valence-corrected chi connectivity index (χ3v) is 4.84. The van der Waals surface area contributed by atoms with Gasteiger partial charge in [-0.15, -0.1) is 0 Å². The van der Waals surface area contributed by atoms with Crippen LogP contribution in [0.15, 0.2) is 66.7 Å². The van der Waals surface area contributed by atoms with E-state index in [1.54, 1.807) is 0 Å². The molecule has 0 aromatic heterocycles. The highest BCUT2D eigenvalue weighted by Gasteiger charge is 2.17. The summed E-state index contributed by atoms with van der Waals surface area (Å²) in [7, 11) is 0. The predicted octanol–water partition coefficient (Wildman–Crippen LogP) is 5.14. The van der Waals surface area contributed by atoms with Gasteiger partial charge in [0.25, 0.3) is 5.91 Å². The number of carbonyl (C=O) groups excluding carboxylic acids is 1. The van der Waals surface area contributed by atoms with Crippen LogP contribution in [0.3, 0.4) is 0 Å². The summed E-state index contributed by atoms with van der Waals surface area (Å²) in [5.74, 6) is 1.55. The molecule has 0 aliphatic heterocycles. The molecule has 0 unspecified atom stereocenters. The molecule has 0 spiro atoms. The lowest BCUT2D eigenvalue weighted by atomic mass is 10.1. The van der Waals surface area contributed by atoms with Crippen molar-refractivity contribution in [2.45, 2.75) is 39.2 Å². The van der Waals surface area contributed by atoms with Gasteiger partial charge in [0.2, 0.25) is 0 Å². The highest BCUT2D eigenvalue weighted by molar-refractivity contribution is 5.84. The van der Waals surface area contributed by atoms with Crippen LogP contribution in [0, 0.1) is 0 Å². The lowest BCUT2D eigenvalue weighted by Gasteiger charge is -2.17. The molecule has 4 nitrogen and oxygen atoms in total. The second-order valence-corrected chi connectivity index (χ2v) is 7.00. The number of hydrogen-bond acceptors (Lipinski definition) is 3. The quantitative estimate of drug-likeness (QED) is 0.487. The number of nitrogens with one attached hydrogen (secondary N) is 1. The van der Waals surface area contributed by atoms with Crippen LogP contribution in [0.1, 0.15) is 32.3 Å². The van der Waals surface area contributed by atoms with Crippen molar-refractivity contribution in [3.63, 3.8) is 0 Å². The van der Waals surface area contributed by atoms with Gasteiger partial charge in [-0.05, 0) is 66.8 Å². The Labute approximate surface area is 172 Å². The Hall–Kier alpha value is -3.01. The van der Waals surface area contributed by atoms with Crippen LogP contribution in [-0.2, 0) is 11.2 Å². The minimum Gasteiger partial charge on any atom is -0.494 e. The van der Waals surface area contributed by atoms with Crippen LogP contribution >= 0.6 is 0 Å². The molecule has 29 heavy (non-hydrogen) atoms. The molecule has 3 rings (SSSR count). The van der Waals surface area contributed by atoms with E-state index < -0.39 is 6.10 Å². The molecule has 0 aliphatic rings. The number of amides is 1. The number of ether oxygens (including phenoxy) is 2. The van der Waals surface area contributed by atoms with E-state index in [1.165, 1.54) is 5.56 Å². The van der Waals surface area contributed by atoms with Gasteiger partial charge in [-0.1, -0.05) is 49.4 Å². The first-order chi connectivity index (χ1) is 14.2. The van der Waals surface area contributed by atoms with Crippen molar-refractivity contribution in [2.24, 2.45) is 0 Å². The Balaban J connectivity index is 1.46. The molecular weight excluding hydrogens is 362 g/mol.